The molecule has 0 saturated heterocycles. The summed E-state index contributed by atoms with van der Waals surface area (Å²) < 4.78 is 20.0. The van der Waals surface area contributed by atoms with Gasteiger partial charge >= 0.3 is 0 Å². The molecule has 208 valence electrons. The molecule has 3 aromatic rings. The highest BCUT2D eigenvalue weighted by atomic mass is 16.6. The molecule has 5 rings (SSSR count). The second-order valence-corrected chi connectivity index (χ2v) is 12.0. The maximum atomic E-state index is 6.77. The van der Waals surface area contributed by atoms with Crippen molar-refractivity contribution in [3.05, 3.63) is 94.5 Å². The first-order valence-corrected chi connectivity index (χ1v) is 14.8. The van der Waals surface area contributed by atoms with Crippen molar-refractivity contribution >= 4 is 5.69 Å². The van der Waals surface area contributed by atoms with E-state index < -0.39 is 5.60 Å². The van der Waals surface area contributed by atoms with Crippen LogP contribution in [0.2, 0.25) is 0 Å². The lowest BCUT2D eigenvalue weighted by atomic mass is 9.86. The normalized spacial score (nSPS) is 20.7. The molecule has 0 bridgehead atoms. The van der Waals surface area contributed by atoms with Crippen molar-refractivity contribution in [2.75, 3.05) is 11.9 Å². The summed E-state index contributed by atoms with van der Waals surface area (Å²) >= 11 is 0. The van der Waals surface area contributed by atoms with Crippen LogP contribution in [-0.2, 0) is 22.6 Å². The number of ether oxygens (including phenoxy) is 3. The fourth-order valence-electron chi connectivity index (χ4n) is 6.02. The van der Waals surface area contributed by atoms with Crippen LogP contribution in [0.3, 0.4) is 0 Å². The molecule has 0 spiro atoms. The molecule has 2 aliphatic rings. The first kappa shape index (κ1) is 27.7. The molecule has 0 radical (unpaired) electrons. The second kappa shape index (κ2) is 12.6. The van der Waals surface area contributed by atoms with Crippen LogP contribution >= 0.6 is 0 Å². The largest absolute Gasteiger partial charge is 0.485 e. The number of benzene rings is 3. The summed E-state index contributed by atoms with van der Waals surface area (Å²) in [5.74, 6) is 1.67. The minimum atomic E-state index is -0.525. The fraction of sp³-hybridized carbons (Fsp3) is 0.486. The number of anilines is 1. The maximum absolute atomic E-state index is 6.77. The van der Waals surface area contributed by atoms with Gasteiger partial charge in [-0.25, -0.2) is 0 Å². The number of fused-ring (bicyclic) bond motifs is 1. The summed E-state index contributed by atoms with van der Waals surface area (Å²) in [7, 11) is 0. The number of aryl methyl sites for hydroxylation is 2. The Labute approximate surface area is 235 Å². The molecule has 1 aliphatic carbocycles. The standard InChI is InChI=1S/C35H45NO3/c1-25-14-16-28(17-15-25)24-38-34-33(37-21-20-27-11-6-5-7-12-27)31-22-30(18-19-32(31)39-35(34,3)4)36-23-29-13-9-8-10-26(29)2/h8-10,13-19,22,27,33-34,36H,5-7,11-12,20-21,23-24H2,1-4H3. The molecule has 39 heavy (non-hydrogen) atoms. The molecule has 2 unspecified atom stereocenters. The average molecular weight is 528 g/mol. The van der Waals surface area contributed by atoms with Gasteiger partial charge in [0.15, 0.2) is 0 Å². The van der Waals surface area contributed by atoms with Crippen LogP contribution in [0, 0.1) is 19.8 Å². The monoisotopic (exact) mass is 527 g/mol. The summed E-state index contributed by atoms with van der Waals surface area (Å²) in [6, 6.07) is 23.5. The van der Waals surface area contributed by atoms with Crippen molar-refractivity contribution in [1.29, 1.82) is 0 Å². The molecule has 4 heteroatoms. The molecule has 4 nitrogen and oxygen atoms in total. The van der Waals surface area contributed by atoms with Gasteiger partial charge < -0.3 is 19.5 Å². The Bertz CT molecular complexity index is 1210. The van der Waals surface area contributed by atoms with Gasteiger partial charge in [0.05, 0.1) is 6.61 Å². The first-order valence-electron chi connectivity index (χ1n) is 14.8. The fourth-order valence-corrected chi connectivity index (χ4v) is 6.02. The van der Waals surface area contributed by atoms with E-state index in [2.05, 4.69) is 99.7 Å². The molecular formula is C35H45NO3. The highest BCUT2D eigenvalue weighted by Crippen LogP contribution is 2.45. The van der Waals surface area contributed by atoms with Crippen LogP contribution in [0.25, 0.3) is 0 Å². The molecule has 1 aliphatic heterocycles. The summed E-state index contributed by atoms with van der Waals surface area (Å²) in [4.78, 5) is 0. The molecule has 1 fully saturated rings. The van der Waals surface area contributed by atoms with Crippen molar-refractivity contribution < 1.29 is 14.2 Å². The Balaban J connectivity index is 1.37. The summed E-state index contributed by atoms with van der Waals surface area (Å²) in [5, 5.41) is 3.63. The Kier molecular flexibility index (Phi) is 8.94. The van der Waals surface area contributed by atoms with Crippen LogP contribution in [0.5, 0.6) is 5.75 Å². The minimum absolute atomic E-state index is 0.196. The Morgan fingerprint density at radius 1 is 0.897 bits per heavy atom. The molecule has 0 amide bonds. The topological polar surface area (TPSA) is 39.7 Å². The Morgan fingerprint density at radius 3 is 2.44 bits per heavy atom. The van der Waals surface area contributed by atoms with Gasteiger partial charge in [-0.15, -0.1) is 0 Å². The lowest BCUT2D eigenvalue weighted by molar-refractivity contribution is -0.168. The Morgan fingerprint density at radius 2 is 1.67 bits per heavy atom. The predicted molar refractivity (Wildman–Crippen MR) is 159 cm³/mol. The van der Waals surface area contributed by atoms with Gasteiger partial charge in [0.25, 0.3) is 0 Å². The molecule has 0 aromatic heterocycles. The van der Waals surface area contributed by atoms with E-state index in [1.165, 1.54) is 48.8 Å². The van der Waals surface area contributed by atoms with E-state index in [1.807, 2.05) is 0 Å². The van der Waals surface area contributed by atoms with Gasteiger partial charge in [-0.3, -0.25) is 0 Å². The molecular weight excluding hydrogens is 482 g/mol. The van der Waals surface area contributed by atoms with Crippen molar-refractivity contribution in [3.8, 4) is 5.75 Å². The minimum Gasteiger partial charge on any atom is -0.485 e. The lowest BCUT2D eigenvalue weighted by Crippen LogP contribution is -2.51. The summed E-state index contributed by atoms with van der Waals surface area (Å²) in [6.45, 7) is 10.6. The maximum Gasteiger partial charge on any atom is 0.132 e. The third kappa shape index (κ3) is 7.04. The van der Waals surface area contributed by atoms with E-state index in [9.17, 15) is 0 Å². The third-order valence-corrected chi connectivity index (χ3v) is 8.49. The molecule has 1 N–H and O–H groups in total. The van der Waals surface area contributed by atoms with Crippen molar-refractivity contribution in [1.82, 2.24) is 0 Å². The average Bonchev–Trinajstić information content (AvgIpc) is 2.93. The smallest absolute Gasteiger partial charge is 0.132 e. The zero-order chi connectivity index (χ0) is 27.2. The van der Waals surface area contributed by atoms with Crippen molar-refractivity contribution in [2.24, 2.45) is 5.92 Å². The van der Waals surface area contributed by atoms with Gasteiger partial charge in [-0.05, 0) is 74.9 Å². The predicted octanol–water partition coefficient (Wildman–Crippen LogP) is 8.70. The number of hydrogen-bond acceptors (Lipinski definition) is 4. The Hall–Kier alpha value is -2.82. The quantitative estimate of drug-likeness (QED) is 0.286. The third-order valence-electron chi connectivity index (χ3n) is 8.49. The van der Waals surface area contributed by atoms with E-state index >= 15 is 0 Å². The van der Waals surface area contributed by atoms with E-state index in [0.29, 0.717) is 6.61 Å². The van der Waals surface area contributed by atoms with E-state index in [0.717, 1.165) is 48.1 Å². The molecule has 3 aromatic carbocycles. The van der Waals surface area contributed by atoms with Crippen LogP contribution in [0.1, 0.15) is 86.3 Å². The van der Waals surface area contributed by atoms with E-state index in [4.69, 9.17) is 14.2 Å². The summed E-state index contributed by atoms with van der Waals surface area (Å²) in [5.41, 5.74) is 6.62. The molecule has 1 saturated carbocycles. The van der Waals surface area contributed by atoms with Gasteiger partial charge in [0.1, 0.15) is 23.6 Å². The zero-order valence-electron chi connectivity index (χ0n) is 24.2. The lowest BCUT2D eigenvalue weighted by Gasteiger charge is -2.44. The van der Waals surface area contributed by atoms with Crippen molar-refractivity contribution in [3.63, 3.8) is 0 Å². The van der Waals surface area contributed by atoms with Crippen LogP contribution in [0.4, 0.5) is 5.69 Å². The highest BCUT2D eigenvalue weighted by Gasteiger charge is 2.45. The van der Waals surface area contributed by atoms with Gasteiger partial charge in [0.2, 0.25) is 0 Å². The highest BCUT2D eigenvalue weighted by molar-refractivity contribution is 5.54. The van der Waals surface area contributed by atoms with Gasteiger partial charge in [0, 0.05) is 24.4 Å². The van der Waals surface area contributed by atoms with Crippen LogP contribution in [0.15, 0.2) is 66.7 Å². The number of nitrogens with one attached hydrogen (secondary N) is 1. The summed E-state index contributed by atoms with van der Waals surface area (Å²) in [6.07, 6.45) is 7.45. The van der Waals surface area contributed by atoms with Crippen LogP contribution < -0.4 is 10.1 Å². The van der Waals surface area contributed by atoms with Crippen LogP contribution in [-0.4, -0.2) is 18.3 Å². The first-order chi connectivity index (χ1) is 18.9. The zero-order valence-corrected chi connectivity index (χ0v) is 24.2. The van der Waals surface area contributed by atoms with Gasteiger partial charge in [-0.2, -0.15) is 0 Å². The molecule has 2 atom stereocenters. The molecule has 1 heterocycles. The number of rotatable bonds is 10. The SMILES string of the molecule is Cc1ccc(COC2C(OCCC3CCCCC3)c3cc(NCc4ccccc4C)ccc3OC2(C)C)cc1. The second-order valence-electron chi connectivity index (χ2n) is 12.0. The number of hydrogen-bond donors (Lipinski definition) is 1. The van der Waals surface area contributed by atoms with E-state index in [-0.39, 0.29) is 12.2 Å². The van der Waals surface area contributed by atoms with Gasteiger partial charge in [-0.1, -0.05) is 86.2 Å². The van der Waals surface area contributed by atoms with Crippen molar-refractivity contribution in [2.45, 2.75) is 97.2 Å². The van der Waals surface area contributed by atoms with E-state index in [1.54, 1.807) is 0 Å².